The molecule has 1 saturated heterocycles. The van der Waals surface area contributed by atoms with E-state index in [1.54, 1.807) is 11.3 Å². The molecule has 0 aromatic carbocycles. The fourth-order valence-electron chi connectivity index (χ4n) is 4.20. The minimum Gasteiger partial charge on any atom is -0.309 e. The highest BCUT2D eigenvalue weighted by Gasteiger charge is 2.26. The normalized spacial score (nSPS) is 23.7. The van der Waals surface area contributed by atoms with Gasteiger partial charge < -0.3 is 9.88 Å². The third kappa shape index (κ3) is 3.15. The van der Waals surface area contributed by atoms with Crippen molar-refractivity contribution in [3.8, 4) is 0 Å². The first kappa shape index (κ1) is 17.2. The van der Waals surface area contributed by atoms with Crippen molar-refractivity contribution < 1.29 is 0 Å². The average molecular weight is 361 g/mol. The fraction of sp³-hybridized carbons (Fsp3) is 0.684. The predicted molar refractivity (Wildman–Crippen MR) is 104 cm³/mol. The number of nitrogens with zero attached hydrogens (tertiary/aromatic N) is 3. The second kappa shape index (κ2) is 6.82. The lowest BCUT2D eigenvalue weighted by molar-refractivity contribution is 0.103. The molecule has 6 heteroatoms. The molecule has 2 aromatic heterocycles. The van der Waals surface area contributed by atoms with Crippen LogP contribution in [0, 0.1) is 5.92 Å². The van der Waals surface area contributed by atoms with Gasteiger partial charge in [0.2, 0.25) is 0 Å². The molecular weight excluding hydrogens is 332 g/mol. The van der Waals surface area contributed by atoms with Crippen molar-refractivity contribution >= 4 is 21.6 Å². The van der Waals surface area contributed by atoms with Crippen LogP contribution in [-0.2, 0) is 12.8 Å². The highest BCUT2D eigenvalue weighted by molar-refractivity contribution is 7.18. The van der Waals surface area contributed by atoms with Crippen molar-refractivity contribution in [1.82, 2.24) is 19.8 Å². The van der Waals surface area contributed by atoms with Gasteiger partial charge in [-0.1, -0.05) is 13.8 Å². The van der Waals surface area contributed by atoms with Crippen molar-refractivity contribution in [3.63, 3.8) is 0 Å². The summed E-state index contributed by atoms with van der Waals surface area (Å²) < 4.78 is 0. The number of rotatable bonds is 3. The van der Waals surface area contributed by atoms with Gasteiger partial charge in [-0.2, -0.15) is 0 Å². The number of piperazine rings is 1. The first-order valence-corrected chi connectivity index (χ1v) is 10.4. The standard InChI is InChI=1S/C19H28N4OS/c1-4-22-7-9-23(10-8-22)13(3)17-20-18(24)16-14-6-5-12(2)11-15(14)25-19(16)21-17/h12-13H,4-11H2,1-3H3,(H,20,21,24)/t12-,13+/m1/s1. The molecule has 2 atom stereocenters. The molecule has 1 aliphatic carbocycles. The van der Waals surface area contributed by atoms with Gasteiger partial charge in [-0.25, -0.2) is 4.98 Å². The van der Waals surface area contributed by atoms with E-state index >= 15 is 0 Å². The molecule has 136 valence electrons. The van der Waals surface area contributed by atoms with Gasteiger partial charge in [0.1, 0.15) is 10.7 Å². The van der Waals surface area contributed by atoms with Crippen molar-refractivity contribution in [2.24, 2.45) is 5.92 Å². The molecule has 0 radical (unpaired) electrons. The Balaban J connectivity index is 1.64. The summed E-state index contributed by atoms with van der Waals surface area (Å²) in [6.07, 6.45) is 3.30. The Labute approximate surface area is 153 Å². The number of hydrogen-bond donors (Lipinski definition) is 1. The number of thiophene rings is 1. The predicted octanol–water partition coefficient (Wildman–Crippen LogP) is 2.81. The number of fused-ring (bicyclic) bond motifs is 3. The summed E-state index contributed by atoms with van der Waals surface area (Å²) in [6.45, 7) is 12.1. The first-order valence-electron chi connectivity index (χ1n) is 9.57. The lowest BCUT2D eigenvalue weighted by atomic mass is 9.89. The Morgan fingerprint density at radius 1 is 1.32 bits per heavy atom. The zero-order chi connectivity index (χ0) is 17.6. The quantitative estimate of drug-likeness (QED) is 0.914. The number of hydrogen-bond acceptors (Lipinski definition) is 5. The number of aryl methyl sites for hydroxylation is 1. The van der Waals surface area contributed by atoms with E-state index < -0.39 is 0 Å². The van der Waals surface area contributed by atoms with Gasteiger partial charge in [-0.05, 0) is 44.2 Å². The Bertz CT molecular complexity index is 819. The molecular formula is C19H28N4OS. The number of H-pyrrole nitrogens is 1. The van der Waals surface area contributed by atoms with Crippen LogP contribution in [-0.4, -0.2) is 52.5 Å². The molecule has 1 N–H and O–H groups in total. The Hall–Kier alpha value is -1.24. The van der Waals surface area contributed by atoms with Gasteiger partial charge in [0.05, 0.1) is 11.4 Å². The lowest BCUT2D eigenvalue weighted by Crippen LogP contribution is -2.47. The SMILES string of the molecule is CCN1CCN([C@@H](C)c2nc3sc4c(c3c(=O)[nH]2)CC[C@@H](C)C4)CC1. The third-order valence-corrected chi connectivity index (χ3v) is 7.13. The Kier molecular flexibility index (Phi) is 4.69. The van der Waals surface area contributed by atoms with Crippen LogP contribution in [0.4, 0.5) is 0 Å². The van der Waals surface area contributed by atoms with Gasteiger partial charge in [0, 0.05) is 31.1 Å². The molecule has 0 bridgehead atoms. The summed E-state index contributed by atoms with van der Waals surface area (Å²) in [6, 6.07) is 0.161. The van der Waals surface area contributed by atoms with Crippen molar-refractivity contribution in [1.29, 1.82) is 0 Å². The lowest BCUT2D eigenvalue weighted by Gasteiger charge is -2.37. The number of nitrogens with one attached hydrogen (secondary N) is 1. The van der Waals surface area contributed by atoms with Crippen LogP contribution >= 0.6 is 11.3 Å². The van der Waals surface area contributed by atoms with Crippen LogP contribution < -0.4 is 5.56 Å². The smallest absolute Gasteiger partial charge is 0.259 e. The summed E-state index contributed by atoms with van der Waals surface area (Å²) in [5.74, 6) is 1.54. The molecule has 2 aromatic rings. The van der Waals surface area contributed by atoms with E-state index in [-0.39, 0.29) is 11.6 Å². The van der Waals surface area contributed by atoms with Crippen molar-refractivity contribution in [2.45, 2.75) is 46.1 Å². The monoisotopic (exact) mass is 360 g/mol. The summed E-state index contributed by atoms with van der Waals surface area (Å²) >= 11 is 1.74. The van der Waals surface area contributed by atoms with Crippen LogP contribution in [0.25, 0.3) is 10.2 Å². The van der Waals surface area contributed by atoms with Gasteiger partial charge in [0.15, 0.2) is 0 Å². The maximum atomic E-state index is 12.8. The average Bonchev–Trinajstić information content (AvgIpc) is 2.98. The van der Waals surface area contributed by atoms with E-state index in [4.69, 9.17) is 4.98 Å². The fourth-order valence-corrected chi connectivity index (χ4v) is 5.59. The highest BCUT2D eigenvalue weighted by Crippen LogP contribution is 2.36. The molecule has 4 rings (SSSR count). The van der Waals surface area contributed by atoms with Crippen LogP contribution in [0.5, 0.6) is 0 Å². The summed E-state index contributed by atoms with van der Waals surface area (Å²) in [4.78, 5) is 28.0. The number of likely N-dealkylation sites (N-methyl/N-ethyl adjacent to an activating group) is 1. The summed E-state index contributed by atoms with van der Waals surface area (Å²) in [5, 5.41) is 0.860. The van der Waals surface area contributed by atoms with E-state index in [0.717, 1.165) is 61.6 Å². The summed E-state index contributed by atoms with van der Waals surface area (Å²) in [7, 11) is 0. The van der Waals surface area contributed by atoms with Crippen LogP contribution in [0.3, 0.4) is 0 Å². The van der Waals surface area contributed by atoms with Crippen LogP contribution in [0.2, 0.25) is 0 Å². The molecule has 0 unspecified atom stereocenters. The van der Waals surface area contributed by atoms with Gasteiger partial charge >= 0.3 is 0 Å². The minimum absolute atomic E-state index is 0.0612. The largest absolute Gasteiger partial charge is 0.309 e. The molecule has 25 heavy (non-hydrogen) atoms. The zero-order valence-electron chi connectivity index (χ0n) is 15.5. The molecule has 2 aliphatic rings. The van der Waals surface area contributed by atoms with Crippen molar-refractivity contribution in [3.05, 3.63) is 26.6 Å². The maximum Gasteiger partial charge on any atom is 0.259 e. The molecule has 0 saturated carbocycles. The third-order valence-electron chi connectivity index (χ3n) is 5.98. The molecule has 1 aliphatic heterocycles. The molecule has 0 amide bonds. The second-order valence-corrected chi connectivity index (χ2v) is 8.71. The van der Waals surface area contributed by atoms with Gasteiger partial charge in [-0.15, -0.1) is 11.3 Å². The Morgan fingerprint density at radius 3 is 2.80 bits per heavy atom. The molecule has 5 nitrogen and oxygen atoms in total. The van der Waals surface area contributed by atoms with E-state index in [1.807, 2.05) is 0 Å². The van der Waals surface area contributed by atoms with Crippen LogP contribution in [0.15, 0.2) is 4.79 Å². The molecule has 0 spiro atoms. The van der Waals surface area contributed by atoms with Crippen LogP contribution in [0.1, 0.15) is 49.5 Å². The Morgan fingerprint density at radius 2 is 2.08 bits per heavy atom. The number of aromatic nitrogens is 2. The van der Waals surface area contributed by atoms with E-state index in [1.165, 1.54) is 16.9 Å². The minimum atomic E-state index is 0.0612. The van der Waals surface area contributed by atoms with E-state index in [0.29, 0.717) is 5.92 Å². The maximum absolute atomic E-state index is 12.8. The molecule has 3 heterocycles. The molecule has 1 fully saturated rings. The number of aromatic amines is 1. The van der Waals surface area contributed by atoms with Gasteiger partial charge in [-0.3, -0.25) is 9.69 Å². The van der Waals surface area contributed by atoms with E-state index in [2.05, 4.69) is 35.6 Å². The van der Waals surface area contributed by atoms with Crippen molar-refractivity contribution in [2.75, 3.05) is 32.7 Å². The highest BCUT2D eigenvalue weighted by atomic mass is 32.1. The van der Waals surface area contributed by atoms with E-state index in [9.17, 15) is 4.79 Å². The topological polar surface area (TPSA) is 52.2 Å². The second-order valence-electron chi connectivity index (χ2n) is 7.63. The summed E-state index contributed by atoms with van der Waals surface area (Å²) in [5.41, 5.74) is 1.33. The zero-order valence-corrected chi connectivity index (χ0v) is 16.3. The first-order chi connectivity index (χ1) is 12.1. The van der Waals surface area contributed by atoms with Gasteiger partial charge in [0.25, 0.3) is 5.56 Å².